The van der Waals surface area contributed by atoms with E-state index >= 15 is 0 Å². The zero-order valence-electron chi connectivity index (χ0n) is 10.3. The molecule has 1 aliphatic heterocycles. The van der Waals surface area contributed by atoms with E-state index in [1.165, 1.54) is 16.4 Å². The molecule has 2 rings (SSSR count). The first-order chi connectivity index (χ1) is 8.51. The van der Waals surface area contributed by atoms with Gasteiger partial charge in [-0.1, -0.05) is 6.07 Å². The van der Waals surface area contributed by atoms with Gasteiger partial charge in [0.2, 0.25) is 10.0 Å². The van der Waals surface area contributed by atoms with Crippen molar-refractivity contribution >= 4 is 10.0 Å². The Balaban J connectivity index is 2.34. The van der Waals surface area contributed by atoms with Gasteiger partial charge in [0.25, 0.3) is 0 Å². The molecule has 0 aliphatic carbocycles. The van der Waals surface area contributed by atoms with Gasteiger partial charge in [0.05, 0.1) is 0 Å². The molecule has 0 spiro atoms. The minimum absolute atomic E-state index is 0.227. The van der Waals surface area contributed by atoms with Gasteiger partial charge in [-0.15, -0.1) is 0 Å². The topological polar surface area (TPSA) is 49.4 Å². The van der Waals surface area contributed by atoms with E-state index in [1.54, 1.807) is 13.0 Å². The second-order valence-corrected chi connectivity index (χ2v) is 6.35. The highest BCUT2D eigenvalue weighted by Gasteiger charge is 2.27. The van der Waals surface area contributed by atoms with E-state index in [1.807, 2.05) is 0 Å². The van der Waals surface area contributed by atoms with Crippen LogP contribution in [0.15, 0.2) is 23.1 Å². The van der Waals surface area contributed by atoms with Gasteiger partial charge in [-0.3, -0.25) is 0 Å². The van der Waals surface area contributed by atoms with E-state index in [4.69, 9.17) is 0 Å². The molecule has 1 heterocycles. The lowest BCUT2D eigenvalue weighted by atomic mass is 10.2. The molecular weight excluding hydrogens is 255 g/mol. The summed E-state index contributed by atoms with van der Waals surface area (Å²) in [7, 11) is -3.71. The molecule has 0 amide bonds. The number of nitrogens with zero attached hydrogens (tertiary/aromatic N) is 1. The van der Waals surface area contributed by atoms with Crippen molar-refractivity contribution in [1.29, 1.82) is 0 Å². The molecule has 1 aromatic carbocycles. The first-order valence-electron chi connectivity index (χ1n) is 5.99. The summed E-state index contributed by atoms with van der Waals surface area (Å²) in [6, 6.07) is 4.22. The van der Waals surface area contributed by atoms with Crippen molar-refractivity contribution in [1.82, 2.24) is 9.62 Å². The molecule has 4 nitrogen and oxygen atoms in total. The molecule has 0 unspecified atom stereocenters. The van der Waals surface area contributed by atoms with Crippen LogP contribution in [-0.2, 0) is 10.0 Å². The molecule has 1 N–H and O–H groups in total. The molecule has 0 atom stereocenters. The standard InChI is InChI=1S/C12H17FN2O2S/c1-10-3-4-12(11(13)9-10)18(16,17)15-7-2-5-14-6-8-15/h3-4,9,14H,2,5-8H2,1H3. The summed E-state index contributed by atoms with van der Waals surface area (Å²) < 4.78 is 39.8. The van der Waals surface area contributed by atoms with Crippen molar-refractivity contribution in [2.75, 3.05) is 26.2 Å². The fraction of sp³-hybridized carbons (Fsp3) is 0.500. The number of sulfonamides is 1. The van der Waals surface area contributed by atoms with Crippen LogP contribution in [0.3, 0.4) is 0 Å². The van der Waals surface area contributed by atoms with Crippen LogP contribution < -0.4 is 5.32 Å². The zero-order valence-corrected chi connectivity index (χ0v) is 11.1. The van der Waals surface area contributed by atoms with Crippen LogP contribution in [0, 0.1) is 12.7 Å². The number of hydrogen-bond donors (Lipinski definition) is 1. The number of hydrogen-bond acceptors (Lipinski definition) is 3. The Morgan fingerprint density at radius 1 is 1.28 bits per heavy atom. The molecule has 0 aromatic heterocycles. The first kappa shape index (κ1) is 13.5. The first-order valence-corrected chi connectivity index (χ1v) is 7.43. The van der Waals surface area contributed by atoms with Crippen molar-refractivity contribution in [3.63, 3.8) is 0 Å². The quantitative estimate of drug-likeness (QED) is 0.877. The van der Waals surface area contributed by atoms with E-state index in [2.05, 4.69) is 5.32 Å². The number of rotatable bonds is 2. The molecule has 6 heteroatoms. The average Bonchev–Trinajstić information content (AvgIpc) is 2.57. The number of halogens is 1. The molecular formula is C12H17FN2O2S. The molecule has 1 fully saturated rings. The summed E-state index contributed by atoms with van der Waals surface area (Å²) in [5, 5.41) is 3.12. The summed E-state index contributed by atoms with van der Waals surface area (Å²) in [4.78, 5) is -0.227. The lowest BCUT2D eigenvalue weighted by Crippen LogP contribution is -2.34. The third-order valence-electron chi connectivity index (χ3n) is 3.00. The Kier molecular flexibility index (Phi) is 3.99. The molecule has 100 valence electrons. The van der Waals surface area contributed by atoms with Crippen LogP contribution in [0.2, 0.25) is 0 Å². The third-order valence-corrected chi connectivity index (χ3v) is 4.94. The smallest absolute Gasteiger partial charge is 0.246 e. The summed E-state index contributed by atoms with van der Waals surface area (Å²) in [5.74, 6) is -0.674. The summed E-state index contributed by atoms with van der Waals surface area (Å²) >= 11 is 0. The second-order valence-electron chi connectivity index (χ2n) is 4.44. The van der Waals surface area contributed by atoms with Crippen LogP contribution in [0.25, 0.3) is 0 Å². The third kappa shape index (κ3) is 2.71. The van der Waals surface area contributed by atoms with Gasteiger partial charge in [-0.25, -0.2) is 12.8 Å². The Labute approximate surface area is 107 Å². The number of nitrogens with one attached hydrogen (secondary N) is 1. The van der Waals surface area contributed by atoms with Gasteiger partial charge < -0.3 is 5.32 Å². The molecule has 0 radical (unpaired) electrons. The van der Waals surface area contributed by atoms with Gasteiger partial charge in [0.1, 0.15) is 10.7 Å². The van der Waals surface area contributed by atoms with E-state index < -0.39 is 15.8 Å². The second kappa shape index (κ2) is 5.34. The minimum atomic E-state index is -3.71. The van der Waals surface area contributed by atoms with Gasteiger partial charge >= 0.3 is 0 Å². The molecule has 18 heavy (non-hydrogen) atoms. The largest absolute Gasteiger partial charge is 0.315 e. The lowest BCUT2D eigenvalue weighted by Gasteiger charge is -2.20. The predicted molar refractivity (Wildman–Crippen MR) is 67.4 cm³/mol. The summed E-state index contributed by atoms with van der Waals surface area (Å²) in [6.07, 6.45) is 0.743. The molecule has 1 aromatic rings. The van der Waals surface area contributed by atoms with Gasteiger partial charge in [-0.2, -0.15) is 4.31 Å². The van der Waals surface area contributed by atoms with Crippen molar-refractivity contribution in [3.8, 4) is 0 Å². The Morgan fingerprint density at radius 3 is 2.78 bits per heavy atom. The van der Waals surface area contributed by atoms with Crippen LogP contribution in [-0.4, -0.2) is 38.9 Å². The summed E-state index contributed by atoms with van der Waals surface area (Å²) in [5.41, 5.74) is 0.712. The van der Waals surface area contributed by atoms with Crippen molar-refractivity contribution in [2.45, 2.75) is 18.2 Å². The maximum Gasteiger partial charge on any atom is 0.246 e. The fourth-order valence-electron chi connectivity index (χ4n) is 2.02. The number of benzene rings is 1. The fourth-order valence-corrected chi connectivity index (χ4v) is 3.54. The Bertz CT molecular complexity index is 523. The maximum absolute atomic E-state index is 13.8. The van der Waals surface area contributed by atoms with Crippen molar-refractivity contribution in [2.24, 2.45) is 0 Å². The van der Waals surface area contributed by atoms with Gasteiger partial charge in [0, 0.05) is 19.6 Å². The minimum Gasteiger partial charge on any atom is -0.315 e. The highest BCUT2D eigenvalue weighted by atomic mass is 32.2. The highest BCUT2D eigenvalue weighted by Crippen LogP contribution is 2.20. The summed E-state index contributed by atoms with van der Waals surface area (Å²) in [6.45, 7) is 3.95. The number of aryl methyl sites for hydroxylation is 1. The van der Waals surface area contributed by atoms with E-state index in [0.717, 1.165) is 13.0 Å². The molecule has 0 bridgehead atoms. The zero-order chi connectivity index (χ0) is 13.2. The van der Waals surface area contributed by atoms with E-state index in [9.17, 15) is 12.8 Å². The van der Waals surface area contributed by atoms with Crippen LogP contribution >= 0.6 is 0 Å². The monoisotopic (exact) mass is 272 g/mol. The predicted octanol–water partition coefficient (Wildman–Crippen LogP) is 1.12. The molecule has 0 saturated carbocycles. The molecule has 1 aliphatic rings. The van der Waals surface area contributed by atoms with Gasteiger partial charge in [-0.05, 0) is 37.6 Å². The Hall–Kier alpha value is -0.980. The SMILES string of the molecule is Cc1ccc(S(=O)(=O)N2CCCNCC2)c(F)c1. The van der Waals surface area contributed by atoms with Crippen LogP contribution in [0.1, 0.15) is 12.0 Å². The normalized spacial score (nSPS) is 18.6. The van der Waals surface area contributed by atoms with Crippen LogP contribution in [0.5, 0.6) is 0 Å². The lowest BCUT2D eigenvalue weighted by molar-refractivity contribution is 0.427. The van der Waals surface area contributed by atoms with E-state index in [0.29, 0.717) is 25.2 Å². The van der Waals surface area contributed by atoms with Crippen molar-refractivity contribution in [3.05, 3.63) is 29.6 Å². The van der Waals surface area contributed by atoms with E-state index in [-0.39, 0.29) is 4.90 Å². The van der Waals surface area contributed by atoms with Crippen LogP contribution in [0.4, 0.5) is 4.39 Å². The van der Waals surface area contributed by atoms with Crippen molar-refractivity contribution < 1.29 is 12.8 Å². The maximum atomic E-state index is 13.8. The van der Waals surface area contributed by atoms with Gasteiger partial charge in [0.15, 0.2) is 0 Å². The highest BCUT2D eigenvalue weighted by molar-refractivity contribution is 7.89. The molecule has 1 saturated heterocycles. The average molecular weight is 272 g/mol. The Morgan fingerprint density at radius 2 is 2.06 bits per heavy atom.